The zero-order chi connectivity index (χ0) is 22.5. The number of rotatable bonds is 5. The molecule has 3 aromatic rings. The summed E-state index contributed by atoms with van der Waals surface area (Å²) in [6.45, 7) is 6.37. The van der Waals surface area contributed by atoms with Gasteiger partial charge in [-0.05, 0) is 63.9 Å². The van der Waals surface area contributed by atoms with Crippen LogP contribution in [0.3, 0.4) is 0 Å². The van der Waals surface area contributed by atoms with Crippen LogP contribution in [0.25, 0.3) is 10.2 Å². The molecular weight excluding hydrogens is 408 g/mol. The van der Waals surface area contributed by atoms with E-state index in [0.717, 1.165) is 34.5 Å². The molecule has 0 bridgehead atoms. The fourth-order valence-corrected chi connectivity index (χ4v) is 4.76. The van der Waals surface area contributed by atoms with Crippen molar-refractivity contribution in [3.05, 3.63) is 64.7 Å². The molecule has 0 spiro atoms. The predicted molar refractivity (Wildman–Crippen MR) is 125 cm³/mol. The first-order chi connectivity index (χ1) is 14.7. The van der Waals surface area contributed by atoms with E-state index < -0.39 is 11.0 Å². The molecule has 1 aliphatic carbocycles. The van der Waals surface area contributed by atoms with E-state index in [4.69, 9.17) is 4.74 Å². The van der Waals surface area contributed by atoms with E-state index in [1.165, 1.54) is 4.70 Å². The molecule has 6 heteroatoms. The molecule has 0 amide bonds. The lowest BCUT2D eigenvalue weighted by Gasteiger charge is -2.25. The molecule has 164 valence electrons. The van der Waals surface area contributed by atoms with Crippen molar-refractivity contribution in [2.45, 2.75) is 52.2 Å². The van der Waals surface area contributed by atoms with Crippen molar-refractivity contribution in [1.82, 2.24) is 10.3 Å². The number of hydrogen-bond acceptors (Lipinski definition) is 6. The zero-order valence-corrected chi connectivity index (χ0v) is 19.4. The van der Waals surface area contributed by atoms with Gasteiger partial charge < -0.3 is 14.8 Å². The van der Waals surface area contributed by atoms with Crippen molar-refractivity contribution < 1.29 is 14.3 Å². The van der Waals surface area contributed by atoms with Crippen LogP contribution >= 0.6 is 11.3 Å². The van der Waals surface area contributed by atoms with Gasteiger partial charge in [0.15, 0.2) is 0 Å². The Morgan fingerprint density at radius 3 is 2.29 bits per heavy atom. The number of para-hydroxylation sites is 1. The number of fused-ring (bicyclic) bond motifs is 2. The van der Waals surface area contributed by atoms with Crippen molar-refractivity contribution in [2.24, 2.45) is 5.41 Å². The Balaban J connectivity index is 0.000000194. The van der Waals surface area contributed by atoms with Gasteiger partial charge in [0.25, 0.3) is 0 Å². The van der Waals surface area contributed by atoms with Crippen LogP contribution in [0.5, 0.6) is 0 Å². The van der Waals surface area contributed by atoms with E-state index in [1.54, 1.807) is 11.3 Å². The standard InChI is InChI=1S/C16H20O3.C9H10N2S/c1-15(2,3)19-14(18)10-16(11-17)8-12-6-4-5-7-13(12)9-16;1-10-6-9-11-7-4-2-3-5-8(7)12-9/h4-7,11H,8-10H2,1-3H3;2-5,10H,6H2,1H3. The van der Waals surface area contributed by atoms with Crippen molar-refractivity contribution in [2.75, 3.05) is 7.05 Å². The molecule has 1 heterocycles. The quantitative estimate of drug-likeness (QED) is 0.461. The van der Waals surface area contributed by atoms with Gasteiger partial charge in [-0.15, -0.1) is 11.3 Å². The fourth-order valence-electron chi connectivity index (χ4n) is 3.79. The predicted octanol–water partition coefficient (Wildman–Crippen LogP) is 4.72. The van der Waals surface area contributed by atoms with Crippen LogP contribution in [0.4, 0.5) is 0 Å². The minimum absolute atomic E-state index is 0.155. The molecule has 0 saturated carbocycles. The van der Waals surface area contributed by atoms with Gasteiger partial charge in [-0.1, -0.05) is 36.4 Å². The largest absolute Gasteiger partial charge is 0.460 e. The molecule has 0 unspecified atom stereocenters. The van der Waals surface area contributed by atoms with Gasteiger partial charge in [-0.2, -0.15) is 0 Å². The lowest BCUT2D eigenvalue weighted by Crippen LogP contribution is -2.32. The third-order valence-electron chi connectivity index (χ3n) is 5.04. The van der Waals surface area contributed by atoms with Gasteiger partial charge in [0.2, 0.25) is 0 Å². The summed E-state index contributed by atoms with van der Waals surface area (Å²) in [5.41, 5.74) is 2.31. The molecule has 1 aliphatic rings. The van der Waals surface area contributed by atoms with Gasteiger partial charge in [-0.3, -0.25) is 4.79 Å². The maximum absolute atomic E-state index is 11.9. The Morgan fingerprint density at radius 1 is 1.13 bits per heavy atom. The molecular formula is C25H30N2O3S. The molecule has 0 radical (unpaired) electrons. The van der Waals surface area contributed by atoms with Crippen LogP contribution in [0.2, 0.25) is 0 Å². The maximum atomic E-state index is 11.9. The second-order valence-corrected chi connectivity index (χ2v) is 10.1. The number of nitrogens with zero attached hydrogens (tertiary/aromatic N) is 1. The van der Waals surface area contributed by atoms with E-state index in [1.807, 2.05) is 70.3 Å². The van der Waals surface area contributed by atoms with Crippen LogP contribution in [-0.4, -0.2) is 29.9 Å². The first kappa shape index (κ1) is 23.1. The SMILES string of the molecule is CC(C)(C)OC(=O)CC1(C=O)Cc2ccccc2C1.CNCc1nc2ccccc2s1. The average Bonchev–Trinajstić information content (AvgIpc) is 3.27. The van der Waals surface area contributed by atoms with E-state index in [-0.39, 0.29) is 12.4 Å². The van der Waals surface area contributed by atoms with Crippen LogP contribution in [0.15, 0.2) is 48.5 Å². The molecule has 0 saturated heterocycles. The van der Waals surface area contributed by atoms with Gasteiger partial charge in [-0.25, -0.2) is 4.98 Å². The average molecular weight is 439 g/mol. The van der Waals surface area contributed by atoms with Gasteiger partial charge in [0, 0.05) is 12.0 Å². The second-order valence-electron chi connectivity index (χ2n) is 8.97. The molecule has 4 rings (SSSR count). The number of carbonyl (C=O) groups excluding carboxylic acids is 2. The van der Waals surface area contributed by atoms with Gasteiger partial charge in [0.1, 0.15) is 16.9 Å². The fraction of sp³-hybridized carbons (Fsp3) is 0.400. The summed E-state index contributed by atoms with van der Waals surface area (Å²) in [6.07, 6.45) is 2.34. The summed E-state index contributed by atoms with van der Waals surface area (Å²) >= 11 is 1.75. The second kappa shape index (κ2) is 9.71. The van der Waals surface area contributed by atoms with Gasteiger partial charge in [0.05, 0.1) is 16.6 Å². The molecule has 31 heavy (non-hydrogen) atoms. The minimum atomic E-state index is -0.619. The molecule has 0 atom stereocenters. The monoisotopic (exact) mass is 438 g/mol. The third kappa shape index (κ3) is 6.21. The summed E-state index contributed by atoms with van der Waals surface area (Å²) in [5, 5.41) is 4.24. The number of carbonyl (C=O) groups is 2. The Morgan fingerprint density at radius 2 is 1.74 bits per heavy atom. The van der Waals surface area contributed by atoms with Crippen LogP contribution in [0, 0.1) is 5.41 Å². The first-order valence-electron chi connectivity index (χ1n) is 10.5. The number of nitrogens with one attached hydrogen (secondary N) is 1. The van der Waals surface area contributed by atoms with Crippen LogP contribution < -0.4 is 5.32 Å². The number of benzene rings is 2. The van der Waals surface area contributed by atoms with Crippen LogP contribution in [-0.2, 0) is 33.7 Å². The third-order valence-corrected chi connectivity index (χ3v) is 6.07. The lowest BCUT2D eigenvalue weighted by atomic mass is 9.83. The molecule has 0 fully saturated rings. The molecule has 1 aromatic heterocycles. The summed E-state index contributed by atoms with van der Waals surface area (Å²) in [6, 6.07) is 16.2. The summed E-state index contributed by atoms with van der Waals surface area (Å²) < 4.78 is 6.59. The Bertz CT molecular complexity index is 994. The Hall–Kier alpha value is -2.57. The number of aromatic nitrogens is 1. The smallest absolute Gasteiger partial charge is 0.307 e. The lowest BCUT2D eigenvalue weighted by molar-refractivity contribution is -0.158. The highest BCUT2D eigenvalue weighted by atomic mass is 32.1. The number of aldehydes is 1. The molecule has 2 aromatic carbocycles. The van der Waals surface area contributed by atoms with Crippen LogP contribution in [0.1, 0.15) is 43.3 Å². The number of thiazole rings is 1. The first-order valence-corrected chi connectivity index (χ1v) is 11.3. The number of esters is 1. The minimum Gasteiger partial charge on any atom is -0.460 e. The maximum Gasteiger partial charge on any atom is 0.307 e. The van der Waals surface area contributed by atoms with E-state index in [0.29, 0.717) is 12.8 Å². The summed E-state index contributed by atoms with van der Waals surface area (Å²) in [7, 11) is 1.94. The highest BCUT2D eigenvalue weighted by molar-refractivity contribution is 7.18. The summed E-state index contributed by atoms with van der Waals surface area (Å²) in [5.74, 6) is -0.299. The molecule has 5 nitrogen and oxygen atoms in total. The Kier molecular flexibility index (Phi) is 7.23. The highest BCUT2D eigenvalue weighted by Gasteiger charge is 2.40. The van der Waals surface area contributed by atoms with Gasteiger partial charge >= 0.3 is 5.97 Å². The van der Waals surface area contributed by atoms with E-state index in [9.17, 15) is 9.59 Å². The highest BCUT2D eigenvalue weighted by Crippen LogP contribution is 2.38. The zero-order valence-electron chi connectivity index (χ0n) is 18.6. The number of hydrogen-bond donors (Lipinski definition) is 1. The van der Waals surface area contributed by atoms with E-state index in [2.05, 4.69) is 16.4 Å². The van der Waals surface area contributed by atoms with Crippen molar-refractivity contribution >= 4 is 33.8 Å². The molecule has 1 N–H and O–H groups in total. The van der Waals surface area contributed by atoms with Crippen molar-refractivity contribution in [1.29, 1.82) is 0 Å². The normalized spacial score (nSPS) is 14.5. The molecule has 0 aliphatic heterocycles. The van der Waals surface area contributed by atoms with Crippen molar-refractivity contribution in [3.8, 4) is 0 Å². The van der Waals surface area contributed by atoms with E-state index >= 15 is 0 Å². The van der Waals surface area contributed by atoms with Crippen molar-refractivity contribution in [3.63, 3.8) is 0 Å². The summed E-state index contributed by atoms with van der Waals surface area (Å²) in [4.78, 5) is 27.9. The number of ether oxygens (including phenoxy) is 1. The topological polar surface area (TPSA) is 68.3 Å². The Labute approximate surface area is 187 Å².